The Morgan fingerprint density at radius 3 is 1.77 bits per heavy atom. The minimum atomic E-state index is -0.376. The summed E-state index contributed by atoms with van der Waals surface area (Å²) in [5.41, 5.74) is 0. The molecule has 1 saturated carbocycles. The van der Waals surface area contributed by atoms with Gasteiger partial charge in [-0.05, 0) is 26.7 Å². The third-order valence-corrected chi connectivity index (χ3v) is 2.20. The molecule has 74 valence electrons. The molecular weight excluding hydrogens is 164 g/mol. The Bertz CT molecular complexity index is 172. The predicted molar refractivity (Wildman–Crippen MR) is 53.0 cm³/mol. The van der Waals surface area contributed by atoms with E-state index in [4.69, 9.17) is 9.47 Å². The van der Waals surface area contributed by atoms with Gasteiger partial charge in [-0.15, -0.1) is 0 Å². The first-order valence-corrected chi connectivity index (χ1v) is 4.91. The third kappa shape index (κ3) is 2.79. The highest BCUT2D eigenvalue weighted by Crippen LogP contribution is 2.34. The monoisotopic (exact) mass is 182 g/mol. The first-order chi connectivity index (χ1) is 6.33. The van der Waals surface area contributed by atoms with Gasteiger partial charge in [-0.2, -0.15) is 0 Å². The van der Waals surface area contributed by atoms with Gasteiger partial charge in [0.05, 0.1) is 12.5 Å². The van der Waals surface area contributed by atoms with Crippen LogP contribution in [0.15, 0.2) is 24.7 Å². The Kier molecular flexibility index (Phi) is 3.87. The fourth-order valence-electron chi connectivity index (χ4n) is 1.56. The molecule has 1 aliphatic carbocycles. The van der Waals surface area contributed by atoms with Crippen LogP contribution in [0.1, 0.15) is 39.5 Å². The van der Waals surface area contributed by atoms with Crippen LogP contribution < -0.4 is 0 Å². The van der Waals surface area contributed by atoms with E-state index >= 15 is 0 Å². The van der Waals surface area contributed by atoms with E-state index in [1.807, 2.05) is 26.0 Å². The van der Waals surface area contributed by atoms with Crippen molar-refractivity contribution in [3.63, 3.8) is 0 Å². The zero-order chi connectivity index (χ0) is 9.57. The van der Waals surface area contributed by atoms with Crippen molar-refractivity contribution >= 4 is 0 Å². The fraction of sp³-hybridized carbons (Fsp3) is 0.636. The summed E-state index contributed by atoms with van der Waals surface area (Å²) in [7, 11) is 0. The lowest BCUT2D eigenvalue weighted by atomic mass is 10.2. The summed E-state index contributed by atoms with van der Waals surface area (Å²) >= 11 is 0. The van der Waals surface area contributed by atoms with Crippen LogP contribution in [0, 0.1) is 0 Å². The molecule has 1 aliphatic rings. The fourth-order valence-corrected chi connectivity index (χ4v) is 1.56. The highest BCUT2D eigenvalue weighted by Gasteiger charge is 2.36. The zero-order valence-corrected chi connectivity index (χ0v) is 8.45. The maximum absolute atomic E-state index is 5.59. The molecule has 2 nitrogen and oxygen atoms in total. The summed E-state index contributed by atoms with van der Waals surface area (Å²) in [6.07, 6.45) is 11.6. The van der Waals surface area contributed by atoms with Gasteiger partial charge in [0, 0.05) is 12.8 Å². The van der Waals surface area contributed by atoms with Crippen molar-refractivity contribution in [1.29, 1.82) is 0 Å². The van der Waals surface area contributed by atoms with E-state index < -0.39 is 0 Å². The smallest absolute Gasteiger partial charge is 0.249 e. The van der Waals surface area contributed by atoms with Crippen molar-refractivity contribution in [3.05, 3.63) is 24.7 Å². The molecule has 1 fully saturated rings. The molecule has 0 bridgehead atoms. The van der Waals surface area contributed by atoms with Gasteiger partial charge in [0.25, 0.3) is 0 Å². The van der Waals surface area contributed by atoms with Crippen LogP contribution >= 0.6 is 0 Å². The lowest BCUT2D eigenvalue weighted by Crippen LogP contribution is -2.28. The van der Waals surface area contributed by atoms with Crippen molar-refractivity contribution < 1.29 is 9.47 Å². The molecular formula is C11H18O2. The Morgan fingerprint density at radius 1 is 0.923 bits per heavy atom. The normalized spacial score (nSPS) is 21.4. The second-order valence-electron chi connectivity index (χ2n) is 3.29. The number of hydrogen-bond acceptors (Lipinski definition) is 2. The highest BCUT2D eigenvalue weighted by atomic mass is 16.7. The van der Waals surface area contributed by atoms with Crippen LogP contribution in [-0.4, -0.2) is 5.79 Å². The molecule has 2 heteroatoms. The van der Waals surface area contributed by atoms with Gasteiger partial charge in [-0.3, -0.25) is 0 Å². The van der Waals surface area contributed by atoms with Crippen molar-refractivity contribution in [2.45, 2.75) is 45.3 Å². The molecule has 0 radical (unpaired) electrons. The minimum Gasteiger partial charge on any atom is -0.460 e. The summed E-state index contributed by atoms with van der Waals surface area (Å²) in [6, 6.07) is 0. The number of ether oxygens (including phenoxy) is 2. The van der Waals surface area contributed by atoms with E-state index in [1.54, 1.807) is 12.5 Å². The molecule has 0 unspecified atom stereocenters. The Morgan fingerprint density at radius 2 is 1.38 bits per heavy atom. The van der Waals surface area contributed by atoms with E-state index in [9.17, 15) is 0 Å². The maximum atomic E-state index is 5.59. The summed E-state index contributed by atoms with van der Waals surface area (Å²) in [6.45, 7) is 3.89. The standard InChI is InChI=1S/C11H18O2/c1-3-9-12-11(13-10-4-2)7-5-6-8-11/h3-4,9-10H,5-8H2,1-2H3. The van der Waals surface area contributed by atoms with E-state index in [0.717, 1.165) is 12.8 Å². The average molecular weight is 182 g/mol. The van der Waals surface area contributed by atoms with Gasteiger partial charge >= 0.3 is 0 Å². The molecule has 13 heavy (non-hydrogen) atoms. The van der Waals surface area contributed by atoms with Gasteiger partial charge in [0.15, 0.2) is 0 Å². The van der Waals surface area contributed by atoms with Crippen molar-refractivity contribution in [2.24, 2.45) is 0 Å². The predicted octanol–water partition coefficient (Wildman–Crippen LogP) is 3.36. The number of hydrogen-bond donors (Lipinski definition) is 0. The summed E-state index contributed by atoms with van der Waals surface area (Å²) in [5, 5.41) is 0. The van der Waals surface area contributed by atoms with Crippen LogP contribution in [0.5, 0.6) is 0 Å². The first-order valence-electron chi connectivity index (χ1n) is 4.91. The lowest BCUT2D eigenvalue weighted by molar-refractivity contribution is -0.166. The molecule has 0 spiro atoms. The molecule has 0 aromatic rings. The topological polar surface area (TPSA) is 18.5 Å². The molecule has 1 rings (SSSR count). The van der Waals surface area contributed by atoms with Crippen LogP contribution in [0.3, 0.4) is 0 Å². The highest BCUT2D eigenvalue weighted by molar-refractivity contribution is 4.84. The van der Waals surface area contributed by atoms with Gasteiger partial charge in [0.1, 0.15) is 0 Å². The molecule has 0 aromatic carbocycles. The molecule has 0 aromatic heterocycles. The number of rotatable bonds is 4. The Labute approximate surface area is 80.2 Å². The first kappa shape index (κ1) is 10.2. The SMILES string of the molecule is CC=COC1(OC=CC)CCCC1. The Hall–Kier alpha value is -0.920. The molecule has 0 aliphatic heterocycles. The van der Waals surface area contributed by atoms with E-state index in [-0.39, 0.29) is 5.79 Å². The van der Waals surface area contributed by atoms with E-state index in [2.05, 4.69) is 0 Å². The van der Waals surface area contributed by atoms with Crippen LogP contribution in [-0.2, 0) is 9.47 Å². The summed E-state index contributed by atoms with van der Waals surface area (Å²) in [4.78, 5) is 0. The molecule has 0 heterocycles. The molecule has 0 amide bonds. The van der Waals surface area contributed by atoms with E-state index in [0.29, 0.717) is 0 Å². The van der Waals surface area contributed by atoms with Crippen LogP contribution in [0.2, 0.25) is 0 Å². The van der Waals surface area contributed by atoms with Crippen LogP contribution in [0.4, 0.5) is 0 Å². The molecule has 0 saturated heterocycles. The molecule has 0 N–H and O–H groups in total. The van der Waals surface area contributed by atoms with Crippen LogP contribution in [0.25, 0.3) is 0 Å². The van der Waals surface area contributed by atoms with Crippen molar-refractivity contribution in [2.75, 3.05) is 0 Å². The van der Waals surface area contributed by atoms with Gasteiger partial charge in [0.2, 0.25) is 5.79 Å². The Balaban J connectivity index is 2.52. The average Bonchev–Trinajstić information content (AvgIpc) is 2.61. The quantitative estimate of drug-likeness (QED) is 0.490. The summed E-state index contributed by atoms with van der Waals surface area (Å²) < 4.78 is 11.2. The van der Waals surface area contributed by atoms with E-state index in [1.165, 1.54) is 12.8 Å². The zero-order valence-electron chi connectivity index (χ0n) is 8.45. The van der Waals surface area contributed by atoms with Gasteiger partial charge in [-0.1, -0.05) is 12.2 Å². The largest absolute Gasteiger partial charge is 0.460 e. The number of allylic oxidation sites excluding steroid dienone is 2. The second-order valence-corrected chi connectivity index (χ2v) is 3.29. The maximum Gasteiger partial charge on any atom is 0.249 e. The minimum absolute atomic E-state index is 0.376. The third-order valence-electron chi connectivity index (χ3n) is 2.20. The molecule has 0 atom stereocenters. The second kappa shape index (κ2) is 4.95. The summed E-state index contributed by atoms with van der Waals surface area (Å²) in [5.74, 6) is -0.376. The van der Waals surface area contributed by atoms with Gasteiger partial charge < -0.3 is 9.47 Å². The van der Waals surface area contributed by atoms with Crippen molar-refractivity contribution in [3.8, 4) is 0 Å². The lowest BCUT2D eigenvalue weighted by Gasteiger charge is -2.27. The van der Waals surface area contributed by atoms with Crippen molar-refractivity contribution in [1.82, 2.24) is 0 Å². The van der Waals surface area contributed by atoms with Gasteiger partial charge in [-0.25, -0.2) is 0 Å².